The zero-order chi connectivity index (χ0) is 21.3. The monoisotopic (exact) mass is 415 g/mol. The van der Waals surface area contributed by atoms with Gasteiger partial charge in [-0.25, -0.2) is 4.98 Å². The highest BCUT2D eigenvalue weighted by molar-refractivity contribution is 6.32. The van der Waals surface area contributed by atoms with Gasteiger partial charge in [-0.3, -0.25) is 0 Å². The highest BCUT2D eigenvalue weighted by Crippen LogP contribution is 2.32. The van der Waals surface area contributed by atoms with E-state index in [1.54, 1.807) is 12.1 Å². The molecule has 1 heterocycles. The molecule has 0 bridgehead atoms. The summed E-state index contributed by atoms with van der Waals surface area (Å²) in [6.07, 6.45) is 0. The van der Waals surface area contributed by atoms with Crippen LogP contribution >= 0.6 is 11.6 Å². The van der Waals surface area contributed by atoms with Gasteiger partial charge in [-0.15, -0.1) is 0 Å². The van der Waals surface area contributed by atoms with Crippen molar-refractivity contribution in [1.29, 1.82) is 5.26 Å². The first-order chi connectivity index (χ1) is 14.3. The van der Waals surface area contributed by atoms with Gasteiger partial charge in [0, 0.05) is 11.1 Å². The van der Waals surface area contributed by atoms with Crippen LogP contribution in [0.5, 0.6) is 5.75 Å². The topological polar surface area (TPSA) is 61.7 Å². The Morgan fingerprint density at radius 3 is 2.63 bits per heavy atom. The normalized spacial score (nSPS) is 11.4. The summed E-state index contributed by atoms with van der Waals surface area (Å²) < 4.78 is 5.94. The van der Waals surface area contributed by atoms with Crippen molar-refractivity contribution in [2.75, 3.05) is 0 Å². The molecule has 4 nitrogen and oxygen atoms in total. The van der Waals surface area contributed by atoms with Gasteiger partial charge in [0.2, 0.25) is 0 Å². The SMILES string of the molecule is CC(C)(C)c1ccc2nc(-c3ccc(Cl)c(OCc4ccccc4C#N)c3)[nH]c2c1. The van der Waals surface area contributed by atoms with Crippen LogP contribution in [0.25, 0.3) is 22.4 Å². The smallest absolute Gasteiger partial charge is 0.139 e. The lowest BCUT2D eigenvalue weighted by Crippen LogP contribution is -2.10. The minimum atomic E-state index is 0.0699. The number of H-pyrrole nitrogens is 1. The Balaban J connectivity index is 1.63. The van der Waals surface area contributed by atoms with E-state index >= 15 is 0 Å². The van der Waals surface area contributed by atoms with Gasteiger partial charge in [0.05, 0.1) is 27.7 Å². The van der Waals surface area contributed by atoms with Gasteiger partial charge in [0.25, 0.3) is 0 Å². The number of halogens is 1. The van der Waals surface area contributed by atoms with Crippen LogP contribution in [0.3, 0.4) is 0 Å². The van der Waals surface area contributed by atoms with Crippen LogP contribution in [-0.4, -0.2) is 9.97 Å². The van der Waals surface area contributed by atoms with Gasteiger partial charge in [0.1, 0.15) is 18.2 Å². The maximum atomic E-state index is 9.26. The third-order valence-electron chi connectivity index (χ3n) is 5.07. The number of aromatic amines is 1. The van der Waals surface area contributed by atoms with Crippen molar-refractivity contribution < 1.29 is 4.74 Å². The number of nitrogens with one attached hydrogen (secondary N) is 1. The number of fused-ring (bicyclic) bond motifs is 1. The summed E-state index contributed by atoms with van der Waals surface area (Å²) in [6.45, 7) is 6.85. The molecule has 150 valence electrons. The maximum absolute atomic E-state index is 9.26. The number of nitrogens with zero attached hydrogens (tertiary/aromatic N) is 2. The predicted octanol–water partition coefficient (Wildman–Crippen LogP) is 6.63. The van der Waals surface area contributed by atoms with Crippen LogP contribution < -0.4 is 4.74 Å². The van der Waals surface area contributed by atoms with E-state index in [0.29, 0.717) is 16.3 Å². The van der Waals surface area contributed by atoms with Crippen LogP contribution in [0, 0.1) is 11.3 Å². The quantitative estimate of drug-likeness (QED) is 0.406. The third kappa shape index (κ3) is 4.03. The van der Waals surface area contributed by atoms with E-state index in [2.05, 4.69) is 44.0 Å². The van der Waals surface area contributed by atoms with Crippen LogP contribution in [0.4, 0.5) is 0 Å². The fourth-order valence-electron chi connectivity index (χ4n) is 3.28. The third-order valence-corrected chi connectivity index (χ3v) is 5.39. The summed E-state index contributed by atoms with van der Waals surface area (Å²) in [4.78, 5) is 8.14. The molecule has 4 rings (SSSR count). The maximum Gasteiger partial charge on any atom is 0.139 e. The molecule has 0 saturated heterocycles. The first-order valence-corrected chi connectivity index (χ1v) is 10.1. The Morgan fingerprint density at radius 2 is 1.87 bits per heavy atom. The second-order valence-electron chi connectivity index (χ2n) is 8.27. The summed E-state index contributed by atoms with van der Waals surface area (Å²) in [5.41, 5.74) is 5.53. The van der Waals surface area contributed by atoms with Gasteiger partial charge < -0.3 is 9.72 Å². The molecule has 0 radical (unpaired) electrons. The predicted molar refractivity (Wildman–Crippen MR) is 121 cm³/mol. The van der Waals surface area contributed by atoms with Crippen LogP contribution in [-0.2, 0) is 12.0 Å². The fraction of sp³-hybridized carbons (Fsp3) is 0.200. The molecular formula is C25H22ClN3O. The highest BCUT2D eigenvalue weighted by Gasteiger charge is 2.16. The highest BCUT2D eigenvalue weighted by atomic mass is 35.5. The Labute approximate surface area is 181 Å². The van der Waals surface area contributed by atoms with Crippen molar-refractivity contribution in [3.05, 3.63) is 82.4 Å². The van der Waals surface area contributed by atoms with E-state index in [0.717, 1.165) is 28.0 Å². The fourth-order valence-corrected chi connectivity index (χ4v) is 3.46. The van der Waals surface area contributed by atoms with Crippen molar-refractivity contribution in [2.24, 2.45) is 0 Å². The minimum absolute atomic E-state index is 0.0699. The zero-order valence-corrected chi connectivity index (χ0v) is 17.9. The largest absolute Gasteiger partial charge is 0.487 e. The van der Waals surface area contributed by atoms with Crippen molar-refractivity contribution in [1.82, 2.24) is 9.97 Å². The molecular weight excluding hydrogens is 394 g/mol. The van der Waals surface area contributed by atoms with E-state index in [4.69, 9.17) is 21.3 Å². The van der Waals surface area contributed by atoms with E-state index in [1.165, 1.54) is 5.56 Å². The average Bonchev–Trinajstić information content (AvgIpc) is 3.16. The number of ether oxygens (including phenoxy) is 1. The number of nitriles is 1. The van der Waals surface area contributed by atoms with Crippen molar-refractivity contribution >= 4 is 22.6 Å². The molecule has 0 aliphatic heterocycles. The average molecular weight is 416 g/mol. The van der Waals surface area contributed by atoms with E-state index in [-0.39, 0.29) is 12.0 Å². The molecule has 0 aliphatic carbocycles. The lowest BCUT2D eigenvalue weighted by molar-refractivity contribution is 0.306. The number of benzene rings is 3. The number of hydrogen-bond acceptors (Lipinski definition) is 3. The molecule has 0 unspecified atom stereocenters. The van der Waals surface area contributed by atoms with Gasteiger partial charge in [0.15, 0.2) is 0 Å². The van der Waals surface area contributed by atoms with Gasteiger partial charge in [-0.2, -0.15) is 5.26 Å². The summed E-state index contributed by atoms with van der Waals surface area (Å²) in [5.74, 6) is 1.31. The second-order valence-corrected chi connectivity index (χ2v) is 8.68. The number of rotatable bonds is 4. The molecule has 1 N–H and O–H groups in total. The minimum Gasteiger partial charge on any atom is -0.487 e. The first-order valence-electron chi connectivity index (χ1n) is 9.76. The molecule has 1 aromatic heterocycles. The summed E-state index contributed by atoms with van der Waals surface area (Å²) in [5, 5.41) is 9.77. The Kier molecular flexibility index (Phi) is 5.24. The van der Waals surface area contributed by atoms with E-state index in [9.17, 15) is 5.26 Å². The molecule has 0 spiro atoms. The Morgan fingerprint density at radius 1 is 1.07 bits per heavy atom. The molecule has 5 heteroatoms. The molecule has 0 atom stereocenters. The van der Waals surface area contributed by atoms with E-state index < -0.39 is 0 Å². The molecule has 4 aromatic rings. The molecule has 0 saturated carbocycles. The Hall–Kier alpha value is -3.29. The van der Waals surface area contributed by atoms with Crippen LogP contribution in [0.2, 0.25) is 5.02 Å². The molecule has 3 aromatic carbocycles. The molecule has 0 amide bonds. The van der Waals surface area contributed by atoms with Crippen molar-refractivity contribution in [3.63, 3.8) is 0 Å². The summed E-state index contributed by atoms with van der Waals surface area (Å²) in [7, 11) is 0. The zero-order valence-electron chi connectivity index (χ0n) is 17.2. The van der Waals surface area contributed by atoms with Crippen molar-refractivity contribution in [2.45, 2.75) is 32.8 Å². The number of imidazole rings is 1. The summed E-state index contributed by atoms with van der Waals surface area (Å²) in [6, 6.07) is 21.5. The van der Waals surface area contributed by atoms with E-state index in [1.807, 2.05) is 36.4 Å². The molecule has 30 heavy (non-hydrogen) atoms. The van der Waals surface area contributed by atoms with Gasteiger partial charge >= 0.3 is 0 Å². The standard InChI is InChI=1S/C25H22ClN3O/c1-25(2,3)19-9-11-21-22(13-19)29-24(28-21)16-8-10-20(26)23(12-16)30-15-18-7-5-4-6-17(18)14-27/h4-13H,15H2,1-3H3,(H,28,29). The van der Waals surface area contributed by atoms with Gasteiger partial charge in [-0.05, 0) is 47.4 Å². The van der Waals surface area contributed by atoms with Crippen molar-refractivity contribution in [3.8, 4) is 23.2 Å². The Bertz CT molecular complexity index is 1260. The first kappa shape index (κ1) is 20.0. The van der Waals surface area contributed by atoms with Gasteiger partial charge in [-0.1, -0.05) is 56.6 Å². The molecule has 0 aliphatic rings. The lowest BCUT2D eigenvalue weighted by Gasteiger charge is -2.18. The number of hydrogen-bond donors (Lipinski definition) is 1. The molecule has 0 fully saturated rings. The summed E-state index contributed by atoms with van der Waals surface area (Å²) >= 11 is 6.35. The lowest BCUT2D eigenvalue weighted by atomic mass is 9.87. The van der Waals surface area contributed by atoms with Crippen LogP contribution in [0.15, 0.2) is 60.7 Å². The second kappa shape index (κ2) is 7.85. The van der Waals surface area contributed by atoms with Crippen LogP contribution in [0.1, 0.15) is 37.5 Å². The number of aromatic nitrogens is 2.